The second-order valence-corrected chi connectivity index (χ2v) is 4.56. The molecule has 0 amide bonds. The molecule has 1 aromatic rings. The summed E-state index contributed by atoms with van der Waals surface area (Å²) in [5, 5.41) is 12.1. The number of hydrogen-bond acceptors (Lipinski definition) is 2. The summed E-state index contributed by atoms with van der Waals surface area (Å²) in [4.78, 5) is 0. The summed E-state index contributed by atoms with van der Waals surface area (Å²) in [5.41, 5.74) is 0.342. The van der Waals surface area contributed by atoms with Gasteiger partial charge >= 0.3 is 0 Å². The molecular weight excluding hydrogens is 236 g/mol. The summed E-state index contributed by atoms with van der Waals surface area (Å²) in [6.07, 6.45) is 1.67. The summed E-state index contributed by atoms with van der Waals surface area (Å²) in [5.74, 6) is -1.25. The topological polar surface area (TPSA) is 32.3 Å². The molecule has 0 heterocycles. The normalized spacial score (nSPS) is 14.5. The largest absolute Gasteiger partial charge is 0.396 e. The Labute approximate surface area is 107 Å². The summed E-state index contributed by atoms with van der Waals surface area (Å²) >= 11 is 0. The van der Waals surface area contributed by atoms with Crippen molar-refractivity contribution in [3.8, 4) is 0 Å². The first-order valence-electron chi connectivity index (χ1n) is 6.38. The molecule has 0 spiro atoms. The SMILES string of the molecule is CCC(CCO)CNC(C)c1cccc(F)c1F. The molecule has 2 unspecified atom stereocenters. The molecule has 2 atom stereocenters. The van der Waals surface area contributed by atoms with Crippen molar-refractivity contribution < 1.29 is 13.9 Å². The van der Waals surface area contributed by atoms with Crippen LogP contribution in [0.1, 0.15) is 38.3 Å². The van der Waals surface area contributed by atoms with Crippen LogP contribution in [0.3, 0.4) is 0 Å². The molecule has 0 aliphatic carbocycles. The third kappa shape index (κ3) is 4.03. The Kier molecular flexibility index (Phi) is 6.22. The van der Waals surface area contributed by atoms with E-state index in [1.807, 2.05) is 6.92 Å². The minimum Gasteiger partial charge on any atom is -0.396 e. The fourth-order valence-electron chi connectivity index (χ4n) is 1.94. The number of hydrogen-bond donors (Lipinski definition) is 2. The van der Waals surface area contributed by atoms with E-state index in [0.717, 1.165) is 18.9 Å². The number of benzene rings is 1. The Morgan fingerprint density at radius 2 is 2.06 bits per heavy atom. The summed E-state index contributed by atoms with van der Waals surface area (Å²) in [7, 11) is 0. The van der Waals surface area contributed by atoms with Gasteiger partial charge in [0.25, 0.3) is 0 Å². The van der Waals surface area contributed by atoms with Crippen LogP contribution in [0.4, 0.5) is 8.78 Å². The van der Waals surface area contributed by atoms with Crippen molar-refractivity contribution >= 4 is 0 Å². The Morgan fingerprint density at radius 1 is 1.33 bits per heavy atom. The highest BCUT2D eigenvalue weighted by Crippen LogP contribution is 2.19. The van der Waals surface area contributed by atoms with Crippen molar-refractivity contribution in [3.05, 3.63) is 35.4 Å². The molecule has 1 aromatic carbocycles. The van der Waals surface area contributed by atoms with Crippen molar-refractivity contribution in [1.29, 1.82) is 0 Å². The first kappa shape index (κ1) is 15.1. The molecule has 0 aliphatic heterocycles. The van der Waals surface area contributed by atoms with E-state index in [1.54, 1.807) is 6.07 Å². The van der Waals surface area contributed by atoms with Gasteiger partial charge in [-0.15, -0.1) is 0 Å². The molecule has 102 valence electrons. The van der Waals surface area contributed by atoms with Crippen molar-refractivity contribution in [1.82, 2.24) is 5.32 Å². The van der Waals surface area contributed by atoms with Gasteiger partial charge in [-0.05, 0) is 31.9 Å². The lowest BCUT2D eigenvalue weighted by Gasteiger charge is -2.19. The Hall–Kier alpha value is -1.00. The highest BCUT2D eigenvalue weighted by Gasteiger charge is 2.15. The number of rotatable bonds is 7. The van der Waals surface area contributed by atoms with Gasteiger partial charge in [0, 0.05) is 18.2 Å². The van der Waals surface area contributed by atoms with E-state index in [-0.39, 0.29) is 12.6 Å². The van der Waals surface area contributed by atoms with Crippen LogP contribution in [-0.4, -0.2) is 18.3 Å². The van der Waals surface area contributed by atoms with Gasteiger partial charge in [-0.2, -0.15) is 0 Å². The van der Waals surface area contributed by atoms with Crippen LogP contribution in [0.15, 0.2) is 18.2 Å². The smallest absolute Gasteiger partial charge is 0.163 e. The maximum Gasteiger partial charge on any atom is 0.163 e. The van der Waals surface area contributed by atoms with Gasteiger partial charge in [-0.3, -0.25) is 0 Å². The number of nitrogens with one attached hydrogen (secondary N) is 1. The third-order valence-corrected chi connectivity index (χ3v) is 3.28. The zero-order valence-electron chi connectivity index (χ0n) is 10.9. The molecule has 0 aliphatic rings. The Bertz CT molecular complexity index is 371. The van der Waals surface area contributed by atoms with Crippen LogP contribution in [0.5, 0.6) is 0 Å². The van der Waals surface area contributed by atoms with E-state index in [4.69, 9.17) is 5.11 Å². The van der Waals surface area contributed by atoms with Gasteiger partial charge < -0.3 is 10.4 Å². The third-order valence-electron chi connectivity index (χ3n) is 3.28. The lowest BCUT2D eigenvalue weighted by Crippen LogP contribution is -2.26. The summed E-state index contributed by atoms with van der Waals surface area (Å²) in [6, 6.07) is 3.97. The average molecular weight is 257 g/mol. The fraction of sp³-hybridized carbons (Fsp3) is 0.571. The van der Waals surface area contributed by atoms with Gasteiger partial charge in [0.2, 0.25) is 0 Å². The second-order valence-electron chi connectivity index (χ2n) is 4.56. The zero-order chi connectivity index (χ0) is 13.5. The molecule has 0 fully saturated rings. The first-order chi connectivity index (χ1) is 8.60. The van der Waals surface area contributed by atoms with Crippen LogP contribution in [-0.2, 0) is 0 Å². The van der Waals surface area contributed by atoms with Crippen LogP contribution >= 0.6 is 0 Å². The number of halogens is 2. The predicted molar refractivity (Wildman–Crippen MR) is 68.3 cm³/mol. The minimum absolute atomic E-state index is 0.156. The van der Waals surface area contributed by atoms with Crippen molar-refractivity contribution in [2.45, 2.75) is 32.7 Å². The van der Waals surface area contributed by atoms with E-state index in [9.17, 15) is 8.78 Å². The highest BCUT2D eigenvalue weighted by molar-refractivity contribution is 5.21. The van der Waals surface area contributed by atoms with Crippen LogP contribution in [0, 0.1) is 17.6 Å². The van der Waals surface area contributed by atoms with Crippen molar-refractivity contribution in [3.63, 3.8) is 0 Å². The highest BCUT2D eigenvalue weighted by atomic mass is 19.2. The molecule has 0 radical (unpaired) electrons. The number of aliphatic hydroxyl groups excluding tert-OH is 1. The van der Waals surface area contributed by atoms with Crippen LogP contribution in [0.2, 0.25) is 0 Å². The number of aliphatic hydroxyl groups is 1. The fourth-order valence-corrected chi connectivity index (χ4v) is 1.94. The molecule has 2 N–H and O–H groups in total. The predicted octanol–water partition coefficient (Wildman–Crippen LogP) is 3.02. The maximum absolute atomic E-state index is 13.6. The average Bonchev–Trinajstić information content (AvgIpc) is 2.37. The van der Waals surface area contributed by atoms with Crippen LogP contribution < -0.4 is 5.32 Å². The lowest BCUT2D eigenvalue weighted by molar-refractivity contribution is 0.249. The van der Waals surface area contributed by atoms with Gasteiger partial charge in [0.15, 0.2) is 11.6 Å². The molecule has 18 heavy (non-hydrogen) atoms. The molecule has 2 nitrogen and oxygen atoms in total. The van der Waals surface area contributed by atoms with Crippen LogP contribution in [0.25, 0.3) is 0 Å². The molecular formula is C14H21F2NO. The summed E-state index contributed by atoms with van der Waals surface area (Å²) in [6.45, 7) is 4.70. The monoisotopic (exact) mass is 257 g/mol. The van der Waals surface area contributed by atoms with E-state index >= 15 is 0 Å². The first-order valence-corrected chi connectivity index (χ1v) is 6.38. The van der Waals surface area contributed by atoms with E-state index in [1.165, 1.54) is 6.07 Å². The standard InChI is InChI=1S/C14H21F2NO/c1-3-11(7-8-18)9-17-10(2)12-5-4-6-13(15)14(12)16/h4-6,10-11,17-18H,3,7-9H2,1-2H3. The van der Waals surface area contributed by atoms with Gasteiger partial charge in [0.05, 0.1) is 0 Å². The minimum atomic E-state index is -0.816. The van der Waals surface area contributed by atoms with Gasteiger partial charge in [0.1, 0.15) is 0 Å². The van der Waals surface area contributed by atoms with E-state index < -0.39 is 11.6 Å². The Morgan fingerprint density at radius 3 is 2.67 bits per heavy atom. The maximum atomic E-state index is 13.6. The molecule has 0 aromatic heterocycles. The summed E-state index contributed by atoms with van der Waals surface area (Å²) < 4.78 is 26.6. The van der Waals surface area contributed by atoms with Crippen molar-refractivity contribution in [2.24, 2.45) is 5.92 Å². The molecule has 0 bridgehead atoms. The molecule has 0 saturated heterocycles. The van der Waals surface area contributed by atoms with E-state index in [2.05, 4.69) is 12.2 Å². The quantitative estimate of drug-likeness (QED) is 0.787. The molecule has 1 rings (SSSR count). The molecule has 4 heteroatoms. The lowest BCUT2D eigenvalue weighted by atomic mass is 10.0. The Balaban J connectivity index is 2.59. The van der Waals surface area contributed by atoms with Crippen molar-refractivity contribution in [2.75, 3.05) is 13.2 Å². The molecule has 0 saturated carbocycles. The van der Waals surface area contributed by atoms with Gasteiger partial charge in [-0.1, -0.05) is 25.5 Å². The van der Waals surface area contributed by atoms with Gasteiger partial charge in [-0.25, -0.2) is 8.78 Å². The zero-order valence-corrected chi connectivity index (χ0v) is 10.9. The second kappa shape index (κ2) is 7.44. The van der Waals surface area contributed by atoms with E-state index in [0.29, 0.717) is 18.0 Å².